The molecule has 33 heavy (non-hydrogen) atoms. The number of hydrogen-bond donors (Lipinski definition) is 1. The summed E-state index contributed by atoms with van der Waals surface area (Å²) in [4.78, 5) is 12.9. The Hall–Kier alpha value is -3.46. The van der Waals surface area contributed by atoms with Crippen LogP contribution in [0.25, 0.3) is 0 Å². The second kappa shape index (κ2) is 11.4. The first-order chi connectivity index (χ1) is 16.0. The van der Waals surface area contributed by atoms with Crippen molar-refractivity contribution in [3.8, 4) is 17.2 Å². The van der Waals surface area contributed by atoms with E-state index in [4.69, 9.17) is 14.2 Å². The molecule has 3 aromatic rings. The molecule has 1 amide bonds. The van der Waals surface area contributed by atoms with E-state index in [0.29, 0.717) is 35.2 Å². The van der Waals surface area contributed by atoms with Crippen LogP contribution in [0.2, 0.25) is 0 Å². The first-order valence-corrected chi connectivity index (χ1v) is 11.3. The maximum Gasteiger partial charge on any atom is 0.255 e. The van der Waals surface area contributed by atoms with Crippen molar-refractivity contribution in [2.45, 2.75) is 30.9 Å². The van der Waals surface area contributed by atoms with Crippen LogP contribution in [0, 0.1) is 6.92 Å². The van der Waals surface area contributed by atoms with Crippen LogP contribution < -0.4 is 19.5 Å². The van der Waals surface area contributed by atoms with Gasteiger partial charge in [0, 0.05) is 12.3 Å². The summed E-state index contributed by atoms with van der Waals surface area (Å²) in [5.74, 6) is 2.22. The molecule has 0 saturated carbocycles. The van der Waals surface area contributed by atoms with Crippen LogP contribution in [0.5, 0.6) is 17.2 Å². The predicted octanol–water partition coefficient (Wildman–Crippen LogP) is 4.02. The molecule has 1 heterocycles. The van der Waals surface area contributed by atoms with E-state index in [1.807, 2.05) is 10.6 Å². The lowest BCUT2D eigenvalue weighted by molar-refractivity contribution is 0.0945. The molecule has 0 saturated heterocycles. The summed E-state index contributed by atoms with van der Waals surface area (Å²) in [6.45, 7) is 6.64. The lowest BCUT2D eigenvalue weighted by Crippen LogP contribution is -2.25. The smallest absolute Gasteiger partial charge is 0.255 e. The number of aryl methyl sites for hydroxylation is 1. The Kier molecular flexibility index (Phi) is 8.37. The normalized spacial score (nSPS) is 10.5. The third kappa shape index (κ3) is 5.67. The molecule has 1 aromatic heterocycles. The van der Waals surface area contributed by atoms with Gasteiger partial charge in [-0.15, -0.1) is 16.8 Å². The van der Waals surface area contributed by atoms with Gasteiger partial charge in [0.2, 0.25) is 5.75 Å². The van der Waals surface area contributed by atoms with E-state index in [0.717, 1.165) is 10.9 Å². The Balaban J connectivity index is 1.75. The number of amides is 1. The summed E-state index contributed by atoms with van der Waals surface area (Å²) in [7, 11) is 4.50. The van der Waals surface area contributed by atoms with Crippen molar-refractivity contribution in [1.82, 2.24) is 20.1 Å². The van der Waals surface area contributed by atoms with Crippen molar-refractivity contribution in [3.05, 3.63) is 71.6 Å². The van der Waals surface area contributed by atoms with Gasteiger partial charge in [-0.3, -0.25) is 4.79 Å². The third-order valence-electron chi connectivity index (χ3n) is 4.91. The van der Waals surface area contributed by atoms with Crippen LogP contribution in [0.4, 0.5) is 0 Å². The zero-order valence-electron chi connectivity index (χ0n) is 19.3. The summed E-state index contributed by atoms with van der Waals surface area (Å²) < 4.78 is 18.0. The maximum absolute atomic E-state index is 12.9. The molecule has 174 valence electrons. The summed E-state index contributed by atoms with van der Waals surface area (Å²) >= 11 is 1.59. The molecule has 0 aliphatic heterocycles. The van der Waals surface area contributed by atoms with Gasteiger partial charge in [-0.05, 0) is 24.6 Å². The van der Waals surface area contributed by atoms with Crippen LogP contribution in [0.15, 0.2) is 54.2 Å². The molecular formula is C24H28N4O4S. The van der Waals surface area contributed by atoms with Crippen molar-refractivity contribution in [3.63, 3.8) is 0 Å². The van der Waals surface area contributed by atoms with Gasteiger partial charge in [0.1, 0.15) is 0 Å². The van der Waals surface area contributed by atoms with E-state index in [1.54, 1.807) is 30.0 Å². The molecule has 8 nitrogen and oxygen atoms in total. The Morgan fingerprint density at radius 3 is 2.58 bits per heavy atom. The van der Waals surface area contributed by atoms with E-state index in [-0.39, 0.29) is 12.5 Å². The molecule has 3 rings (SSSR count). The quantitative estimate of drug-likeness (QED) is 0.336. The molecule has 0 fully saturated rings. The van der Waals surface area contributed by atoms with E-state index in [2.05, 4.69) is 47.2 Å². The van der Waals surface area contributed by atoms with Gasteiger partial charge in [-0.1, -0.05) is 47.7 Å². The largest absolute Gasteiger partial charge is 0.493 e. The molecule has 1 N–H and O–H groups in total. The summed E-state index contributed by atoms with van der Waals surface area (Å²) in [6, 6.07) is 11.7. The highest BCUT2D eigenvalue weighted by atomic mass is 32.2. The first-order valence-electron chi connectivity index (χ1n) is 10.3. The molecule has 0 atom stereocenters. The van der Waals surface area contributed by atoms with Crippen molar-refractivity contribution < 1.29 is 19.0 Å². The van der Waals surface area contributed by atoms with Crippen LogP contribution in [-0.4, -0.2) is 42.0 Å². The average molecular weight is 469 g/mol. The minimum Gasteiger partial charge on any atom is -0.493 e. The number of nitrogens with zero attached hydrogens (tertiary/aromatic N) is 3. The molecule has 2 aromatic carbocycles. The minimum absolute atomic E-state index is 0.197. The molecule has 0 bridgehead atoms. The monoisotopic (exact) mass is 468 g/mol. The number of ether oxygens (including phenoxy) is 3. The van der Waals surface area contributed by atoms with Crippen LogP contribution in [0.3, 0.4) is 0 Å². The summed E-state index contributed by atoms with van der Waals surface area (Å²) in [6.07, 6.45) is 1.78. The Morgan fingerprint density at radius 2 is 1.91 bits per heavy atom. The third-order valence-corrected chi connectivity index (χ3v) is 5.95. The number of allylic oxidation sites excluding steroid dienone is 1. The highest BCUT2D eigenvalue weighted by Gasteiger charge is 2.21. The molecule has 0 spiro atoms. The van der Waals surface area contributed by atoms with Gasteiger partial charge in [0.15, 0.2) is 22.5 Å². The zero-order valence-corrected chi connectivity index (χ0v) is 20.1. The van der Waals surface area contributed by atoms with Crippen molar-refractivity contribution in [1.29, 1.82) is 0 Å². The number of benzene rings is 2. The van der Waals surface area contributed by atoms with Gasteiger partial charge in [-0.25, -0.2) is 0 Å². The molecular weight excluding hydrogens is 440 g/mol. The standard InChI is InChI=1S/C24H28N4O4S/c1-6-12-28-20(26-27-24(28)33-15-17-9-7-8-16(2)13-17)14-25-23(29)18-10-11-19(30-3)22(32-5)21(18)31-4/h6-11,13H,1,12,14-15H2,2-5H3,(H,25,29). The number of carbonyl (C=O) groups excluding carboxylic acids is 1. The average Bonchev–Trinajstić information content (AvgIpc) is 3.21. The number of carbonyl (C=O) groups is 1. The van der Waals surface area contributed by atoms with Gasteiger partial charge in [0.05, 0.1) is 33.4 Å². The van der Waals surface area contributed by atoms with Crippen LogP contribution >= 0.6 is 11.8 Å². The fraction of sp³-hybridized carbons (Fsp3) is 0.292. The second-order valence-corrected chi connectivity index (χ2v) is 8.08. The summed E-state index contributed by atoms with van der Waals surface area (Å²) in [5.41, 5.74) is 2.76. The summed E-state index contributed by atoms with van der Waals surface area (Å²) in [5, 5.41) is 12.3. The van der Waals surface area contributed by atoms with Crippen LogP contribution in [-0.2, 0) is 18.8 Å². The topological polar surface area (TPSA) is 87.5 Å². The Bertz CT molecular complexity index is 1130. The van der Waals surface area contributed by atoms with Gasteiger partial charge in [0.25, 0.3) is 5.91 Å². The molecule has 0 aliphatic rings. The van der Waals surface area contributed by atoms with E-state index in [9.17, 15) is 4.79 Å². The first kappa shape index (κ1) is 24.2. The predicted molar refractivity (Wildman–Crippen MR) is 128 cm³/mol. The maximum atomic E-state index is 12.9. The van der Waals surface area contributed by atoms with Crippen molar-refractivity contribution in [2.24, 2.45) is 0 Å². The minimum atomic E-state index is -0.324. The van der Waals surface area contributed by atoms with E-state index >= 15 is 0 Å². The zero-order chi connectivity index (χ0) is 23.8. The number of methoxy groups -OCH3 is 3. The highest BCUT2D eigenvalue weighted by molar-refractivity contribution is 7.98. The Morgan fingerprint density at radius 1 is 1.12 bits per heavy atom. The lowest BCUT2D eigenvalue weighted by Gasteiger charge is -2.15. The number of thioether (sulfide) groups is 1. The Labute approximate surface area is 198 Å². The van der Waals surface area contributed by atoms with E-state index in [1.165, 1.54) is 32.5 Å². The van der Waals surface area contributed by atoms with Crippen molar-refractivity contribution in [2.75, 3.05) is 21.3 Å². The molecule has 0 radical (unpaired) electrons. The number of nitrogens with one attached hydrogen (secondary N) is 1. The number of aromatic nitrogens is 3. The SMILES string of the molecule is C=CCn1c(CNC(=O)c2ccc(OC)c(OC)c2OC)nnc1SCc1cccc(C)c1. The van der Waals surface area contributed by atoms with Crippen molar-refractivity contribution >= 4 is 17.7 Å². The fourth-order valence-corrected chi connectivity index (χ4v) is 4.26. The number of hydrogen-bond acceptors (Lipinski definition) is 7. The van der Waals surface area contributed by atoms with Gasteiger partial charge >= 0.3 is 0 Å². The molecule has 0 unspecified atom stereocenters. The van der Waals surface area contributed by atoms with Crippen LogP contribution in [0.1, 0.15) is 27.3 Å². The highest BCUT2D eigenvalue weighted by Crippen LogP contribution is 2.39. The van der Waals surface area contributed by atoms with E-state index < -0.39 is 0 Å². The van der Waals surface area contributed by atoms with Gasteiger partial charge in [-0.2, -0.15) is 0 Å². The lowest BCUT2D eigenvalue weighted by atomic mass is 10.1. The van der Waals surface area contributed by atoms with Gasteiger partial charge < -0.3 is 24.1 Å². The number of rotatable bonds is 11. The molecule has 0 aliphatic carbocycles. The second-order valence-electron chi connectivity index (χ2n) is 7.14. The molecule has 9 heteroatoms. The fourth-order valence-electron chi connectivity index (χ4n) is 3.35.